The van der Waals surface area contributed by atoms with E-state index in [1.807, 2.05) is 61.5 Å². The first-order valence-electron chi connectivity index (χ1n) is 8.85. The van der Waals surface area contributed by atoms with Crippen LogP contribution < -0.4 is 0 Å². The van der Waals surface area contributed by atoms with E-state index in [0.717, 1.165) is 17.7 Å². The highest BCUT2D eigenvalue weighted by Crippen LogP contribution is 2.08. The van der Waals surface area contributed by atoms with Gasteiger partial charge in [-0.15, -0.1) is 0 Å². The molecule has 0 aliphatic rings. The lowest BCUT2D eigenvalue weighted by molar-refractivity contribution is -0.137. The number of allylic oxidation sites excluding steroid dienone is 1. The Labute approximate surface area is 174 Å². The number of carboxylic acids is 1. The summed E-state index contributed by atoms with van der Waals surface area (Å²) in [6, 6.07) is 20.2. The summed E-state index contributed by atoms with van der Waals surface area (Å²) in [5, 5.41) is 7.60. The Kier molecular flexibility index (Phi) is 18.2. The van der Waals surface area contributed by atoms with Crippen molar-refractivity contribution in [1.82, 2.24) is 0 Å². The summed E-state index contributed by atoms with van der Waals surface area (Å²) >= 11 is 0. The van der Waals surface area contributed by atoms with Gasteiger partial charge in [0.25, 0.3) is 0 Å². The maximum atomic E-state index is 10.1. The zero-order valence-electron chi connectivity index (χ0n) is 17.2. The van der Waals surface area contributed by atoms with E-state index in [1.165, 1.54) is 11.1 Å². The predicted octanol–water partition coefficient (Wildman–Crippen LogP) is 6.04. The zero-order valence-corrected chi connectivity index (χ0v) is 17.2. The van der Waals surface area contributed by atoms with E-state index < -0.39 is 5.97 Å². The molecule has 2 aromatic rings. The van der Waals surface area contributed by atoms with Crippen LogP contribution >= 0.6 is 0 Å². The van der Waals surface area contributed by atoms with Crippen molar-refractivity contribution in [2.24, 2.45) is 0 Å². The number of carbonyl (C=O) groups is 2. The number of hydrogen-bond acceptors (Lipinski definition) is 3. The molecule has 0 heterocycles. The third kappa shape index (κ3) is 18.9. The third-order valence-electron chi connectivity index (χ3n) is 2.93. The van der Waals surface area contributed by atoms with Gasteiger partial charge < -0.3 is 9.84 Å². The molecule has 0 saturated heterocycles. The normalized spacial score (nSPS) is 8.07. The second-order valence-electron chi connectivity index (χ2n) is 5.26. The lowest BCUT2D eigenvalue weighted by Gasteiger charge is -1.94. The highest BCUT2D eigenvalue weighted by atomic mass is 16.5. The maximum absolute atomic E-state index is 10.1. The van der Waals surface area contributed by atoms with E-state index in [9.17, 15) is 9.59 Å². The average Bonchev–Trinajstić information content (AvgIpc) is 2.76. The van der Waals surface area contributed by atoms with Crippen LogP contribution in [0.25, 0.3) is 11.6 Å². The fourth-order valence-corrected chi connectivity index (χ4v) is 1.51. The molecule has 0 aromatic heterocycles. The largest absolute Gasteiger partial charge is 0.478 e. The number of ether oxygens (including phenoxy) is 1. The van der Waals surface area contributed by atoms with Crippen LogP contribution in [0.15, 0.2) is 99.1 Å². The Morgan fingerprint density at radius 2 is 1.38 bits per heavy atom. The van der Waals surface area contributed by atoms with Gasteiger partial charge in [0, 0.05) is 12.2 Å². The van der Waals surface area contributed by atoms with Gasteiger partial charge in [-0.05, 0) is 25.0 Å². The molecule has 4 nitrogen and oxygen atoms in total. The molecule has 0 unspecified atom stereocenters. The molecule has 0 aliphatic heterocycles. The van der Waals surface area contributed by atoms with E-state index >= 15 is 0 Å². The number of rotatable bonds is 5. The predicted molar refractivity (Wildman–Crippen MR) is 122 cm³/mol. The summed E-state index contributed by atoms with van der Waals surface area (Å²) in [5.41, 5.74) is 3.51. The zero-order chi connectivity index (χ0) is 22.5. The monoisotopic (exact) mass is 394 g/mol. The van der Waals surface area contributed by atoms with Crippen molar-refractivity contribution >= 4 is 23.6 Å². The Balaban J connectivity index is 0. The molecule has 0 aliphatic carbocycles. The van der Waals surface area contributed by atoms with Gasteiger partial charge in [0.15, 0.2) is 0 Å². The van der Waals surface area contributed by atoms with Crippen LogP contribution in [-0.4, -0.2) is 23.7 Å². The van der Waals surface area contributed by atoms with Gasteiger partial charge in [-0.2, -0.15) is 0 Å². The van der Waals surface area contributed by atoms with Crippen molar-refractivity contribution in [2.45, 2.75) is 13.8 Å². The van der Waals surface area contributed by atoms with Gasteiger partial charge in [0.2, 0.25) is 0 Å². The molecule has 0 radical (unpaired) electrons. The van der Waals surface area contributed by atoms with E-state index in [-0.39, 0.29) is 5.97 Å². The van der Waals surface area contributed by atoms with Crippen molar-refractivity contribution in [3.63, 3.8) is 0 Å². The maximum Gasteiger partial charge on any atom is 0.330 e. The van der Waals surface area contributed by atoms with Gasteiger partial charge in [-0.25, -0.2) is 9.59 Å². The topological polar surface area (TPSA) is 63.6 Å². The fourth-order valence-electron chi connectivity index (χ4n) is 1.51. The Hall–Kier alpha value is -3.66. The second-order valence-corrected chi connectivity index (χ2v) is 5.26. The first-order chi connectivity index (χ1) is 13.8. The van der Waals surface area contributed by atoms with Gasteiger partial charge in [0.05, 0.1) is 6.61 Å². The Morgan fingerprint density at radius 1 is 0.931 bits per heavy atom. The van der Waals surface area contributed by atoms with Crippen LogP contribution in [0, 0.1) is 0 Å². The van der Waals surface area contributed by atoms with Gasteiger partial charge in [0.1, 0.15) is 0 Å². The van der Waals surface area contributed by atoms with E-state index in [4.69, 9.17) is 5.11 Å². The SMILES string of the molecule is C=C(C)c1ccccc1.C=CC(=O)O.C=CC(=O)OCC.C=Cc1ccccc1. The number of carbonyl (C=O) groups excluding carboxylic acids is 1. The first kappa shape index (κ1) is 27.6. The first-order valence-corrected chi connectivity index (χ1v) is 8.85. The number of aliphatic carboxylic acids is 1. The lowest BCUT2D eigenvalue weighted by atomic mass is 10.1. The molecule has 1 N–H and O–H groups in total. The van der Waals surface area contributed by atoms with Crippen molar-refractivity contribution in [3.8, 4) is 0 Å². The molecule has 0 bridgehead atoms. The molecule has 0 fully saturated rings. The van der Waals surface area contributed by atoms with Crippen LogP contribution in [0.2, 0.25) is 0 Å². The lowest BCUT2D eigenvalue weighted by Crippen LogP contribution is -1.97. The molecule has 0 atom stereocenters. The quantitative estimate of drug-likeness (QED) is 0.496. The molecule has 0 spiro atoms. The molecular weight excluding hydrogens is 364 g/mol. The summed E-state index contributed by atoms with van der Waals surface area (Å²) in [7, 11) is 0. The van der Waals surface area contributed by atoms with Crippen molar-refractivity contribution in [1.29, 1.82) is 0 Å². The molecule has 2 aromatic carbocycles. The summed E-state index contributed by atoms with van der Waals surface area (Å²) in [6.45, 7) is 17.8. The Morgan fingerprint density at radius 3 is 1.59 bits per heavy atom. The van der Waals surface area contributed by atoms with Crippen molar-refractivity contribution < 1.29 is 19.4 Å². The summed E-state index contributed by atoms with van der Waals surface area (Å²) < 4.78 is 4.43. The summed E-state index contributed by atoms with van der Waals surface area (Å²) in [6.07, 6.45) is 3.81. The molecule has 154 valence electrons. The second kappa shape index (κ2) is 19.1. The van der Waals surface area contributed by atoms with Crippen LogP contribution in [0.3, 0.4) is 0 Å². The standard InChI is InChI=1S/C9H10.C8H8.C5H8O2.C3H4O2/c1-8(2)9-6-4-3-5-7-9;1-2-8-6-4-3-5-7-8;1-3-5(6)7-4-2;1-2-3(4)5/h3-7H,1H2,2H3;2-7H,1H2;3H,1,4H2,2H3;2H,1H2,(H,4,5). The molecule has 29 heavy (non-hydrogen) atoms. The van der Waals surface area contributed by atoms with Crippen LogP contribution in [-0.2, 0) is 14.3 Å². The molecule has 0 amide bonds. The van der Waals surface area contributed by atoms with E-state index in [1.54, 1.807) is 6.92 Å². The van der Waals surface area contributed by atoms with Crippen LogP contribution in [0.5, 0.6) is 0 Å². The Bertz CT molecular complexity index is 747. The fraction of sp³-hybridized carbons (Fsp3) is 0.120. The molecule has 4 heteroatoms. The van der Waals surface area contributed by atoms with E-state index in [0.29, 0.717) is 6.61 Å². The molecular formula is C25H30O4. The van der Waals surface area contributed by atoms with Crippen LogP contribution in [0.1, 0.15) is 25.0 Å². The highest BCUT2D eigenvalue weighted by molar-refractivity contribution is 5.81. The minimum atomic E-state index is -0.981. The van der Waals surface area contributed by atoms with Crippen molar-refractivity contribution in [3.05, 3.63) is 110 Å². The highest BCUT2D eigenvalue weighted by Gasteiger charge is 1.87. The number of esters is 1. The smallest absolute Gasteiger partial charge is 0.330 e. The summed E-state index contributed by atoms with van der Waals surface area (Å²) in [4.78, 5) is 19.3. The van der Waals surface area contributed by atoms with E-state index in [2.05, 4.69) is 43.2 Å². The number of carboxylic acid groups (broad SMARTS) is 1. The average molecular weight is 395 g/mol. The number of benzene rings is 2. The van der Waals surface area contributed by atoms with Crippen LogP contribution in [0.4, 0.5) is 0 Å². The third-order valence-corrected chi connectivity index (χ3v) is 2.93. The minimum absolute atomic E-state index is 0.359. The van der Waals surface area contributed by atoms with Gasteiger partial charge in [-0.1, -0.05) is 98.6 Å². The van der Waals surface area contributed by atoms with Crippen molar-refractivity contribution in [2.75, 3.05) is 6.61 Å². The van der Waals surface area contributed by atoms with Gasteiger partial charge >= 0.3 is 11.9 Å². The minimum Gasteiger partial charge on any atom is -0.478 e. The summed E-state index contributed by atoms with van der Waals surface area (Å²) in [5.74, 6) is -1.34. The molecule has 0 saturated carbocycles. The van der Waals surface area contributed by atoms with Gasteiger partial charge in [-0.3, -0.25) is 0 Å². The molecule has 2 rings (SSSR count). The number of hydrogen-bond donors (Lipinski definition) is 1.